The molecule has 2 bridgehead atoms. The SMILES string of the molecule is NCC12CCC(CC1)CN2S(=O)(=O)c1cccc(C(N)=O)c1. The highest BCUT2D eigenvalue weighted by Crippen LogP contribution is 2.45. The number of benzene rings is 1. The Morgan fingerprint density at radius 2 is 2.00 bits per heavy atom. The van der Waals surface area contributed by atoms with Gasteiger partial charge in [0.25, 0.3) is 0 Å². The fourth-order valence-corrected chi connectivity index (χ4v) is 5.63. The molecule has 1 aromatic carbocycles. The van der Waals surface area contributed by atoms with Gasteiger partial charge < -0.3 is 11.5 Å². The molecule has 7 heteroatoms. The smallest absolute Gasteiger partial charge is 0.248 e. The van der Waals surface area contributed by atoms with E-state index in [2.05, 4.69) is 0 Å². The molecule has 0 atom stereocenters. The molecule has 120 valence electrons. The van der Waals surface area contributed by atoms with Gasteiger partial charge in [-0.1, -0.05) is 6.07 Å². The van der Waals surface area contributed by atoms with E-state index in [1.165, 1.54) is 18.2 Å². The first-order valence-corrected chi connectivity index (χ1v) is 8.96. The Morgan fingerprint density at radius 3 is 2.59 bits per heavy atom. The van der Waals surface area contributed by atoms with Crippen LogP contribution < -0.4 is 11.5 Å². The Kier molecular flexibility index (Phi) is 3.74. The summed E-state index contributed by atoms with van der Waals surface area (Å²) in [5, 5.41) is 0. The number of hydrogen-bond acceptors (Lipinski definition) is 4. The topological polar surface area (TPSA) is 106 Å². The molecule has 6 nitrogen and oxygen atoms in total. The molecule has 1 aliphatic carbocycles. The molecular weight excluding hydrogens is 302 g/mol. The lowest BCUT2D eigenvalue weighted by atomic mass is 9.72. The number of nitrogens with two attached hydrogens (primary N) is 2. The molecule has 1 saturated carbocycles. The molecule has 0 spiro atoms. The standard InChI is InChI=1S/C15H21N3O3S/c16-10-15-6-4-11(5-7-15)9-18(15)22(20,21)13-3-1-2-12(8-13)14(17)19/h1-3,8,11H,4-7,9-10,16H2,(H2,17,19). The predicted molar refractivity (Wildman–Crippen MR) is 82.6 cm³/mol. The van der Waals surface area contributed by atoms with Crippen LogP contribution in [0.15, 0.2) is 29.2 Å². The highest BCUT2D eigenvalue weighted by atomic mass is 32.2. The van der Waals surface area contributed by atoms with Crippen LogP contribution >= 0.6 is 0 Å². The van der Waals surface area contributed by atoms with Crippen LogP contribution in [0, 0.1) is 5.92 Å². The summed E-state index contributed by atoms with van der Waals surface area (Å²) in [4.78, 5) is 11.4. The molecule has 0 aromatic heterocycles. The quantitative estimate of drug-likeness (QED) is 0.849. The molecule has 3 fully saturated rings. The maximum absolute atomic E-state index is 13.0. The number of sulfonamides is 1. The Labute approximate surface area is 130 Å². The van der Waals surface area contributed by atoms with E-state index in [4.69, 9.17) is 11.5 Å². The number of amides is 1. The van der Waals surface area contributed by atoms with Gasteiger partial charge in [-0.3, -0.25) is 4.79 Å². The van der Waals surface area contributed by atoms with E-state index in [1.807, 2.05) is 0 Å². The average molecular weight is 323 g/mol. The molecule has 4 rings (SSSR count). The Bertz CT molecular complexity index is 694. The van der Waals surface area contributed by atoms with Crippen LogP contribution in [0.25, 0.3) is 0 Å². The van der Waals surface area contributed by atoms with Crippen LogP contribution in [0.1, 0.15) is 36.0 Å². The molecule has 4 N–H and O–H groups in total. The largest absolute Gasteiger partial charge is 0.366 e. The van der Waals surface area contributed by atoms with E-state index in [0.717, 1.165) is 25.7 Å². The minimum Gasteiger partial charge on any atom is -0.366 e. The molecule has 1 aromatic rings. The van der Waals surface area contributed by atoms with Crippen LogP contribution in [-0.2, 0) is 10.0 Å². The number of carbonyl (C=O) groups excluding carboxylic acids is 1. The third-order valence-electron chi connectivity index (χ3n) is 5.08. The number of primary amides is 1. The second-order valence-corrected chi connectivity index (χ2v) is 8.16. The van der Waals surface area contributed by atoms with E-state index in [-0.39, 0.29) is 10.5 Å². The Balaban J connectivity index is 2.02. The predicted octanol–water partition coefficient (Wildman–Crippen LogP) is 0.678. The molecule has 2 saturated heterocycles. The van der Waals surface area contributed by atoms with Crippen LogP contribution in [0.5, 0.6) is 0 Å². The third-order valence-corrected chi connectivity index (χ3v) is 7.04. The summed E-state index contributed by atoms with van der Waals surface area (Å²) in [5.41, 5.74) is 10.9. The van der Waals surface area contributed by atoms with Crippen molar-refractivity contribution in [2.75, 3.05) is 13.1 Å². The first kappa shape index (κ1) is 15.5. The van der Waals surface area contributed by atoms with E-state index in [0.29, 0.717) is 19.0 Å². The fourth-order valence-electron chi connectivity index (χ4n) is 3.67. The van der Waals surface area contributed by atoms with Gasteiger partial charge >= 0.3 is 0 Å². The van der Waals surface area contributed by atoms with Crippen molar-refractivity contribution < 1.29 is 13.2 Å². The number of nitrogens with zero attached hydrogens (tertiary/aromatic N) is 1. The van der Waals surface area contributed by atoms with Gasteiger partial charge in [-0.15, -0.1) is 0 Å². The summed E-state index contributed by atoms with van der Waals surface area (Å²) in [6, 6.07) is 5.92. The fraction of sp³-hybridized carbons (Fsp3) is 0.533. The molecular formula is C15H21N3O3S. The molecule has 22 heavy (non-hydrogen) atoms. The highest BCUT2D eigenvalue weighted by Gasteiger charge is 2.50. The number of carbonyl (C=O) groups is 1. The molecule has 0 unspecified atom stereocenters. The zero-order chi connectivity index (χ0) is 16.0. The zero-order valence-electron chi connectivity index (χ0n) is 12.4. The van der Waals surface area contributed by atoms with Crippen molar-refractivity contribution in [1.29, 1.82) is 0 Å². The maximum atomic E-state index is 13.0. The lowest BCUT2D eigenvalue weighted by molar-refractivity contribution is 0.0355. The minimum absolute atomic E-state index is 0.115. The van der Waals surface area contributed by atoms with Gasteiger partial charge in [-0.25, -0.2) is 8.42 Å². The van der Waals surface area contributed by atoms with Crippen LogP contribution in [-0.4, -0.2) is 37.3 Å². The first-order valence-electron chi connectivity index (χ1n) is 7.52. The summed E-state index contributed by atoms with van der Waals surface area (Å²) < 4.78 is 27.6. The second-order valence-electron chi connectivity index (χ2n) is 6.30. The van der Waals surface area contributed by atoms with Crippen LogP contribution in [0.2, 0.25) is 0 Å². The van der Waals surface area contributed by atoms with Gasteiger partial charge in [0.05, 0.1) is 4.90 Å². The van der Waals surface area contributed by atoms with E-state index < -0.39 is 21.5 Å². The molecule has 3 aliphatic rings. The lowest BCUT2D eigenvalue weighted by Crippen LogP contribution is -2.63. The van der Waals surface area contributed by atoms with Crippen molar-refractivity contribution in [3.05, 3.63) is 29.8 Å². The van der Waals surface area contributed by atoms with Gasteiger partial charge in [0.2, 0.25) is 15.9 Å². The number of fused-ring (bicyclic) bond motifs is 3. The Hall–Kier alpha value is -1.44. The van der Waals surface area contributed by atoms with E-state index in [1.54, 1.807) is 10.4 Å². The molecule has 0 radical (unpaired) electrons. The second kappa shape index (κ2) is 5.33. The molecule has 2 heterocycles. The summed E-state index contributed by atoms with van der Waals surface area (Å²) in [7, 11) is -3.67. The van der Waals surface area contributed by atoms with Gasteiger partial charge in [0.15, 0.2) is 0 Å². The summed E-state index contributed by atoms with van der Waals surface area (Å²) in [6.07, 6.45) is 3.68. The number of piperidine rings is 2. The lowest BCUT2D eigenvalue weighted by Gasteiger charge is -2.53. The zero-order valence-corrected chi connectivity index (χ0v) is 13.2. The average Bonchev–Trinajstić information content (AvgIpc) is 2.56. The minimum atomic E-state index is -3.67. The molecule has 1 amide bonds. The maximum Gasteiger partial charge on any atom is 0.248 e. The van der Waals surface area contributed by atoms with Crippen molar-refractivity contribution in [3.63, 3.8) is 0 Å². The van der Waals surface area contributed by atoms with Gasteiger partial charge in [-0.2, -0.15) is 4.31 Å². The monoisotopic (exact) mass is 323 g/mol. The number of hydrogen-bond donors (Lipinski definition) is 2. The molecule has 2 aliphatic heterocycles. The van der Waals surface area contributed by atoms with Crippen molar-refractivity contribution in [1.82, 2.24) is 4.31 Å². The van der Waals surface area contributed by atoms with Crippen LogP contribution in [0.3, 0.4) is 0 Å². The van der Waals surface area contributed by atoms with Crippen LogP contribution in [0.4, 0.5) is 0 Å². The van der Waals surface area contributed by atoms with E-state index >= 15 is 0 Å². The summed E-state index contributed by atoms with van der Waals surface area (Å²) in [6.45, 7) is 0.842. The van der Waals surface area contributed by atoms with Gasteiger partial charge in [0, 0.05) is 24.2 Å². The van der Waals surface area contributed by atoms with Gasteiger partial charge in [-0.05, 0) is 49.8 Å². The van der Waals surface area contributed by atoms with E-state index in [9.17, 15) is 13.2 Å². The van der Waals surface area contributed by atoms with Crippen molar-refractivity contribution in [2.24, 2.45) is 17.4 Å². The number of rotatable bonds is 4. The normalized spacial score (nSPS) is 28.7. The third kappa shape index (κ3) is 2.33. The summed E-state index contributed by atoms with van der Waals surface area (Å²) in [5.74, 6) is -0.228. The van der Waals surface area contributed by atoms with Crippen molar-refractivity contribution in [3.8, 4) is 0 Å². The summed E-state index contributed by atoms with van der Waals surface area (Å²) >= 11 is 0. The first-order chi connectivity index (χ1) is 10.4. The van der Waals surface area contributed by atoms with Crippen molar-refractivity contribution >= 4 is 15.9 Å². The van der Waals surface area contributed by atoms with Crippen molar-refractivity contribution in [2.45, 2.75) is 36.1 Å². The Morgan fingerprint density at radius 1 is 1.32 bits per heavy atom. The highest BCUT2D eigenvalue weighted by molar-refractivity contribution is 7.89. The van der Waals surface area contributed by atoms with Gasteiger partial charge in [0.1, 0.15) is 0 Å².